The third-order valence-corrected chi connectivity index (χ3v) is 10.6. The first-order valence-corrected chi connectivity index (χ1v) is 10.9. The minimum Gasteiger partial charge on any atom is -0.0678 e. The molecule has 103 valence electrons. The first-order chi connectivity index (χ1) is 8.24. The largest absolute Gasteiger partial charge is 0.0678 e. The van der Waals surface area contributed by atoms with Crippen molar-refractivity contribution in [3.63, 3.8) is 0 Å². The Bertz CT molecular complexity index is 141. The molecular weight excluding hydrogens is 220 g/mol. The summed E-state index contributed by atoms with van der Waals surface area (Å²) in [7, 11) is -0.807. The summed E-state index contributed by atoms with van der Waals surface area (Å²) in [6.45, 7) is 11.2. The highest BCUT2D eigenvalue weighted by Crippen LogP contribution is 2.27. The Morgan fingerprint density at radius 2 is 1.06 bits per heavy atom. The molecule has 0 unspecified atom stereocenters. The molecule has 0 saturated carbocycles. The normalized spacial score (nSPS) is 12.0. The van der Waals surface area contributed by atoms with Crippen LogP contribution in [0.25, 0.3) is 0 Å². The Labute approximate surface area is 112 Å². The van der Waals surface area contributed by atoms with Crippen LogP contribution < -0.4 is 0 Å². The molecule has 0 aliphatic heterocycles. The Kier molecular flexibility index (Phi) is 11.5. The maximum Gasteiger partial charge on any atom is 0.0527 e. The van der Waals surface area contributed by atoms with Gasteiger partial charge in [0.1, 0.15) is 0 Å². The molecule has 1 heteroatoms. The molecule has 0 aromatic carbocycles. The van der Waals surface area contributed by atoms with Crippen molar-refractivity contribution >= 4 is 8.07 Å². The lowest BCUT2D eigenvalue weighted by molar-refractivity contribution is 0.589. The molecule has 0 amide bonds. The van der Waals surface area contributed by atoms with Crippen molar-refractivity contribution < 1.29 is 0 Å². The molecule has 0 N–H and O–H groups in total. The van der Waals surface area contributed by atoms with Crippen molar-refractivity contribution in [2.45, 2.75) is 96.3 Å². The Morgan fingerprint density at radius 1 is 0.647 bits per heavy atom. The van der Waals surface area contributed by atoms with E-state index >= 15 is 0 Å². The van der Waals surface area contributed by atoms with E-state index in [4.69, 9.17) is 0 Å². The van der Waals surface area contributed by atoms with Crippen LogP contribution in [-0.4, -0.2) is 8.07 Å². The van der Waals surface area contributed by atoms with Crippen LogP contribution >= 0.6 is 0 Å². The third-order valence-electron chi connectivity index (χ3n) is 4.71. The molecule has 0 spiro atoms. The molecular formula is C16H35Si. The fourth-order valence-corrected chi connectivity index (χ4v) is 6.40. The maximum absolute atomic E-state index is 3.89. The van der Waals surface area contributed by atoms with Gasteiger partial charge in [0.25, 0.3) is 0 Å². The molecule has 0 aromatic rings. The van der Waals surface area contributed by atoms with E-state index in [9.17, 15) is 0 Å². The minimum absolute atomic E-state index is 0.807. The molecule has 0 bridgehead atoms. The zero-order valence-electron chi connectivity index (χ0n) is 12.7. The van der Waals surface area contributed by atoms with Gasteiger partial charge >= 0.3 is 0 Å². The van der Waals surface area contributed by atoms with Gasteiger partial charge < -0.3 is 0 Å². The number of unbranched alkanes of at least 4 members (excludes halogenated alkanes) is 7. The summed E-state index contributed by atoms with van der Waals surface area (Å²) in [6.07, 6.45) is 11.2. The fraction of sp³-hybridized carbons (Fsp3) is 0.938. The molecule has 0 rings (SSSR count). The van der Waals surface area contributed by atoms with Crippen molar-refractivity contribution in [2.24, 2.45) is 0 Å². The molecule has 1 radical (unpaired) electrons. The second kappa shape index (κ2) is 11.3. The van der Waals surface area contributed by atoms with Crippen LogP contribution in [0.1, 0.15) is 72.1 Å². The summed E-state index contributed by atoms with van der Waals surface area (Å²) in [5.41, 5.74) is 0. The van der Waals surface area contributed by atoms with E-state index in [0.29, 0.717) is 0 Å². The van der Waals surface area contributed by atoms with Gasteiger partial charge in [0, 0.05) is 0 Å². The smallest absolute Gasteiger partial charge is 0.0527 e. The van der Waals surface area contributed by atoms with Crippen LogP contribution in [0.5, 0.6) is 0 Å². The lowest BCUT2D eigenvalue weighted by atomic mass is 10.1. The Morgan fingerprint density at radius 3 is 1.47 bits per heavy atom. The van der Waals surface area contributed by atoms with E-state index in [-0.39, 0.29) is 0 Å². The average Bonchev–Trinajstić information content (AvgIpc) is 2.38. The zero-order chi connectivity index (χ0) is 13.0. The average molecular weight is 256 g/mol. The van der Waals surface area contributed by atoms with Crippen LogP contribution in [0.3, 0.4) is 0 Å². The molecule has 0 aliphatic rings. The van der Waals surface area contributed by atoms with E-state index in [1.165, 1.54) is 63.1 Å². The molecule has 0 saturated heterocycles. The highest BCUT2D eigenvalue weighted by atomic mass is 28.3. The summed E-state index contributed by atoms with van der Waals surface area (Å²) >= 11 is 0. The number of hydrogen-bond acceptors (Lipinski definition) is 0. The molecule has 0 nitrogen and oxygen atoms in total. The van der Waals surface area contributed by atoms with E-state index in [2.05, 4.69) is 27.7 Å². The van der Waals surface area contributed by atoms with Crippen LogP contribution in [0.4, 0.5) is 0 Å². The van der Waals surface area contributed by atoms with Crippen molar-refractivity contribution in [1.29, 1.82) is 0 Å². The highest BCUT2D eigenvalue weighted by molar-refractivity contribution is 6.79. The van der Waals surface area contributed by atoms with Crippen LogP contribution in [0.2, 0.25) is 24.2 Å². The van der Waals surface area contributed by atoms with Gasteiger partial charge in [0.15, 0.2) is 0 Å². The van der Waals surface area contributed by atoms with Crippen molar-refractivity contribution in [3.8, 4) is 0 Å². The van der Waals surface area contributed by atoms with Gasteiger partial charge in [-0.2, -0.15) is 0 Å². The Hall–Kier alpha value is 0.217. The molecule has 17 heavy (non-hydrogen) atoms. The summed E-state index contributed by atoms with van der Waals surface area (Å²) in [4.78, 5) is 0. The summed E-state index contributed by atoms with van der Waals surface area (Å²) in [6, 6.07) is 6.10. The van der Waals surface area contributed by atoms with Crippen LogP contribution in [0, 0.1) is 6.92 Å². The van der Waals surface area contributed by atoms with E-state index in [0.717, 1.165) is 6.42 Å². The van der Waals surface area contributed by atoms with Gasteiger partial charge in [-0.05, 0) is 0 Å². The second-order valence-electron chi connectivity index (χ2n) is 5.64. The predicted molar refractivity (Wildman–Crippen MR) is 84.3 cm³/mol. The standard InChI is InChI=1S/C16H35Si/c1-5-9-10-11-12-13-14-15-16-17(6-2,7-3)8-4/h1,5-16H2,2-4H3. The lowest BCUT2D eigenvalue weighted by Gasteiger charge is -2.28. The van der Waals surface area contributed by atoms with Gasteiger partial charge in [-0.1, -0.05) is 103 Å². The van der Waals surface area contributed by atoms with E-state index in [1.54, 1.807) is 6.04 Å². The van der Waals surface area contributed by atoms with Crippen LogP contribution in [-0.2, 0) is 0 Å². The molecule has 0 aromatic heterocycles. The van der Waals surface area contributed by atoms with E-state index < -0.39 is 8.07 Å². The van der Waals surface area contributed by atoms with Gasteiger partial charge in [-0.3, -0.25) is 0 Å². The quantitative estimate of drug-likeness (QED) is 0.278. The van der Waals surface area contributed by atoms with Gasteiger partial charge in [-0.15, -0.1) is 0 Å². The summed E-state index contributed by atoms with van der Waals surface area (Å²) < 4.78 is 0. The van der Waals surface area contributed by atoms with Crippen molar-refractivity contribution in [3.05, 3.63) is 6.92 Å². The van der Waals surface area contributed by atoms with E-state index in [1.807, 2.05) is 0 Å². The predicted octanol–water partition coefficient (Wildman–Crippen LogP) is 6.45. The van der Waals surface area contributed by atoms with Crippen molar-refractivity contribution in [1.82, 2.24) is 0 Å². The van der Waals surface area contributed by atoms with Crippen molar-refractivity contribution in [2.75, 3.05) is 0 Å². The van der Waals surface area contributed by atoms with Gasteiger partial charge in [0.2, 0.25) is 0 Å². The number of rotatable bonds is 12. The third kappa shape index (κ3) is 8.02. The first-order valence-electron chi connectivity index (χ1n) is 8.04. The molecule has 0 aliphatic carbocycles. The summed E-state index contributed by atoms with van der Waals surface area (Å²) in [5, 5.41) is 0. The van der Waals surface area contributed by atoms with Gasteiger partial charge in [0.05, 0.1) is 8.07 Å². The molecule has 0 atom stereocenters. The summed E-state index contributed by atoms with van der Waals surface area (Å²) in [5.74, 6) is 0. The topological polar surface area (TPSA) is 0 Å². The molecule has 0 heterocycles. The molecule has 0 fully saturated rings. The van der Waals surface area contributed by atoms with Crippen LogP contribution in [0.15, 0.2) is 0 Å². The first kappa shape index (κ1) is 17.2. The Balaban J connectivity index is 3.43. The second-order valence-corrected chi connectivity index (χ2v) is 11.3. The number of hydrogen-bond donors (Lipinski definition) is 0. The maximum atomic E-state index is 3.89. The van der Waals surface area contributed by atoms with Gasteiger partial charge in [-0.25, -0.2) is 0 Å². The lowest BCUT2D eigenvalue weighted by Crippen LogP contribution is -2.30. The fourth-order valence-electron chi connectivity index (χ4n) is 2.84. The minimum atomic E-state index is -0.807. The monoisotopic (exact) mass is 255 g/mol. The highest BCUT2D eigenvalue weighted by Gasteiger charge is 2.25. The SMILES string of the molecule is [CH2]CCCCCCCCC[Si](CC)(CC)CC. The zero-order valence-corrected chi connectivity index (χ0v) is 13.7.